The van der Waals surface area contributed by atoms with E-state index in [4.69, 9.17) is 0 Å². The molecular formula is C19H24BrN3O4. The maximum atomic E-state index is 12.3. The van der Waals surface area contributed by atoms with Crippen LogP contribution in [0.4, 0.5) is 4.79 Å². The monoisotopic (exact) mass is 437 g/mol. The van der Waals surface area contributed by atoms with Gasteiger partial charge in [-0.05, 0) is 74.5 Å². The van der Waals surface area contributed by atoms with Crippen LogP contribution in [0.1, 0.15) is 45.7 Å². The number of fused-ring (bicyclic) bond motifs is 1. The molecule has 0 saturated heterocycles. The molecule has 0 aromatic carbocycles. The Kier molecular flexibility index (Phi) is 5.07. The number of carbonyl (C=O) groups is 1. The van der Waals surface area contributed by atoms with Gasteiger partial charge in [0.25, 0.3) is 5.56 Å². The lowest BCUT2D eigenvalue weighted by atomic mass is 9.74. The Morgan fingerprint density at radius 3 is 2.70 bits per heavy atom. The van der Waals surface area contributed by atoms with Gasteiger partial charge >= 0.3 is 6.09 Å². The molecule has 146 valence electrons. The fourth-order valence-electron chi connectivity index (χ4n) is 3.86. The average molecular weight is 438 g/mol. The molecule has 0 radical (unpaired) electrons. The lowest BCUT2D eigenvalue weighted by molar-refractivity contribution is -0.0918. The molecule has 1 saturated carbocycles. The van der Waals surface area contributed by atoms with E-state index < -0.39 is 17.2 Å². The zero-order valence-electron chi connectivity index (χ0n) is 15.6. The first-order valence-electron chi connectivity index (χ1n) is 8.91. The van der Waals surface area contributed by atoms with Crippen LogP contribution in [-0.4, -0.2) is 47.8 Å². The van der Waals surface area contributed by atoms with Crippen LogP contribution in [0.25, 0.3) is 5.65 Å². The van der Waals surface area contributed by atoms with Crippen molar-refractivity contribution < 1.29 is 15.0 Å². The number of aromatic nitrogens is 2. The van der Waals surface area contributed by atoms with E-state index >= 15 is 0 Å². The Labute approximate surface area is 165 Å². The first-order valence-corrected chi connectivity index (χ1v) is 9.70. The summed E-state index contributed by atoms with van der Waals surface area (Å²) >= 11 is 3.34. The van der Waals surface area contributed by atoms with Gasteiger partial charge in [-0.1, -0.05) is 0 Å². The molecule has 3 rings (SSSR count). The molecule has 0 unspecified atom stereocenters. The molecular weight excluding hydrogens is 414 g/mol. The van der Waals surface area contributed by atoms with E-state index in [-0.39, 0.29) is 11.6 Å². The van der Waals surface area contributed by atoms with Crippen molar-refractivity contribution in [3.05, 3.63) is 44.9 Å². The number of hydrogen-bond donors (Lipinski definition) is 2. The highest BCUT2D eigenvalue weighted by Crippen LogP contribution is 2.39. The summed E-state index contributed by atoms with van der Waals surface area (Å²) in [5, 5.41) is 19.7. The Hall–Kier alpha value is -1.93. The summed E-state index contributed by atoms with van der Waals surface area (Å²) in [5.74, 6) is 0. The third-order valence-corrected chi connectivity index (χ3v) is 5.71. The predicted molar refractivity (Wildman–Crippen MR) is 105 cm³/mol. The quantitative estimate of drug-likeness (QED) is 0.749. The number of hydrogen-bond acceptors (Lipinski definition) is 4. The zero-order valence-corrected chi connectivity index (χ0v) is 17.2. The van der Waals surface area contributed by atoms with Crippen molar-refractivity contribution in [3.63, 3.8) is 0 Å². The summed E-state index contributed by atoms with van der Waals surface area (Å²) in [6.45, 7) is 5.47. The van der Waals surface area contributed by atoms with Crippen molar-refractivity contribution >= 4 is 27.7 Å². The molecule has 2 aromatic rings. The Morgan fingerprint density at radius 2 is 2.11 bits per heavy atom. The summed E-state index contributed by atoms with van der Waals surface area (Å²) < 4.78 is 2.26. The lowest BCUT2D eigenvalue weighted by Crippen LogP contribution is -2.61. The number of nitrogens with zero attached hydrogens (tertiary/aromatic N) is 3. The van der Waals surface area contributed by atoms with Gasteiger partial charge in [-0.25, -0.2) is 9.78 Å². The van der Waals surface area contributed by atoms with Gasteiger partial charge in [0, 0.05) is 34.0 Å². The van der Waals surface area contributed by atoms with Crippen LogP contribution in [0.5, 0.6) is 0 Å². The van der Waals surface area contributed by atoms with Crippen LogP contribution < -0.4 is 5.56 Å². The fourth-order valence-corrected chi connectivity index (χ4v) is 4.19. The summed E-state index contributed by atoms with van der Waals surface area (Å²) in [4.78, 5) is 30.1. The minimum Gasteiger partial charge on any atom is -0.465 e. The molecule has 2 heterocycles. The van der Waals surface area contributed by atoms with Crippen molar-refractivity contribution in [2.75, 3.05) is 0 Å². The second-order valence-electron chi connectivity index (χ2n) is 8.19. The lowest BCUT2D eigenvalue weighted by Gasteiger charge is -2.51. The van der Waals surface area contributed by atoms with E-state index in [1.54, 1.807) is 19.2 Å². The Morgan fingerprint density at radius 1 is 1.44 bits per heavy atom. The molecule has 0 atom stereocenters. The van der Waals surface area contributed by atoms with E-state index in [0.29, 0.717) is 37.0 Å². The summed E-state index contributed by atoms with van der Waals surface area (Å²) in [6, 6.07) is 4.89. The number of rotatable bonds is 5. The number of halogens is 1. The van der Waals surface area contributed by atoms with Crippen molar-refractivity contribution in [3.8, 4) is 0 Å². The van der Waals surface area contributed by atoms with Gasteiger partial charge in [-0.3, -0.25) is 9.20 Å². The first kappa shape index (κ1) is 19.8. The van der Waals surface area contributed by atoms with E-state index in [1.807, 2.05) is 19.9 Å². The summed E-state index contributed by atoms with van der Waals surface area (Å²) in [7, 11) is 0. The van der Waals surface area contributed by atoms with Gasteiger partial charge in [0.15, 0.2) is 0 Å². The zero-order chi connectivity index (χ0) is 20.0. The molecule has 1 aliphatic carbocycles. The number of aliphatic hydroxyl groups is 1. The second kappa shape index (κ2) is 6.91. The van der Waals surface area contributed by atoms with E-state index in [2.05, 4.69) is 20.9 Å². The van der Waals surface area contributed by atoms with Gasteiger partial charge in [0.2, 0.25) is 0 Å². The van der Waals surface area contributed by atoms with Crippen LogP contribution in [0.15, 0.2) is 33.7 Å². The van der Waals surface area contributed by atoms with Crippen LogP contribution in [0.3, 0.4) is 0 Å². The molecule has 2 aromatic heterocycles. The van der Waals surface area contributed by atoms with E-state index in [9.17, 15) is 19.8 Å². The number of carboxylic acid groups (broad SMARTS) is 1. The Bertz CT molecular complexity index is 930. The molecule has 2 N–H and O–H groups in total. The third kappa shape index (κ3) is 4.16. The Balaban J connectivity index is 1.78. The number of amides is 1. The highest BCUT2D eigenvalue weighted by atomic mass is 79.9. The number of pyridine rings is 1. The minimum absolute atomic E-state index is 0.167. The van der Waals surface area contributed by atoms with Gasteiger partial charge in [0.1, 0.15) is 5.65 Å². The molecule has 0 spiro atoms. The first-order chi connectivity index (χ1) is 12.5. The van der Waals surface area contributed by atoms with Crippen LogP contribution in [-0.2, 0) is 6.42 Å². The summed E-state index contributed by atoms with van der Waals surface area (Å²) in [6.07, 6.45) is 2.57. The maximum absolute atomic E-state index is 12.3. The maximum Gasteiger partial charge on any atom is 0.407 e. The largest absolute Gasteiger partial charge is 0.465 e. The van der Waals surface area contributed by atoms with E-state index in [1.165, 1.54) is 15.4 Å². The third-order valence-electron chi connectivity index (χ3n) is 5.24. The van der Waals surface area contributed by atoms with Gasteiger partial charge < -0.3 is 15.1 Å². The van der Waals surface area contributed by atoms with Crippen LogP contribution >= 0.6 is 15.9 Å². The SMILES string of the molecule is CC1(O)CC(N(C(=O)O)C(C)(C)CCc2cc(=O)n3cc(Br)ccc3n2)C1. The second-order valence-corrected chi connectivity index (χ2v) is 9.10. The minimum atomic E-state index is -0.989. The smallest absolute Gasteiger partial charge is 0.407 e. The number of aryl methyl sites for hydroxylation is 1. The van der Waals surface area contributed by atoms with Gasteiger partial charge in [-0.15, -0.1) is 0 Å². The van der Waals surface area contributed by atoms with Crippen LogP contribution in [0, 0.1) is 0 Å². The van der Waals surface area contributed by atoms with Crippen molar-refractivity contribution in [2.45, 2.75) is 63.6 Å². The van der Waals surface area contributed by atoms with Crippen molar-refractivity contribution in [2.24, 2.45) is 0 Å². The molecule has 27 heavy (non-hydrogen) atoms. The highest BCUT2D eigenvalue weighted by molar-refractivity contribution is 9.10. The standard InChI is InChI=1S/C19H24BrN3O4/c1-18(2,23(17(25)26)14-9-19(3,27)10-14)7-6-13-8-16(24)22-11-12(20)4-5-15(22)21-13/h4-5,8,11,14,27H,6-7,9-10H2,1-3H3,(H,25,26). The predicted octanol–water partition coefficient (Wildman–Crippen LogP) is 3.06. The molecule has 1 fully saturated rings. The van der Waals surface area contributed by atoms with Gasteiger partial charge in [0.05, 0.1) is 5.60 Å². The molecule has 0 aliphatic heterocycles. The van der Waals surface area contributed by atoms with Gasteiger partial charge in [-0.2, -0.15) is 0 Å². The van der Waals surface area contributed by atoms with E-state index in [0.717, 1.165) is 4.47 Å². The van der Waals surface area contributed by atoms with Crippen molar-refractivity contribution in [1.29, 1.82) is 0 Å². The molecule has 7 nitrogen and oxygen atoms in total. The molecule has 1 amide bonds. The topological polar surface area (TPSA) is 95.1 Å². The highest BCUT2D eigenvalue weighted by Gasteiger charge is 2.47. The molecule has 8 heteroatoms. The van der Waals surface area contributed by atoms with Crippen molar-refractivity contribution in [1.82, 2.24) is 14.3 Å². The van der Waals surface area contributed by atoms with Crippen LogP contribution in [0.2, 0.25) is 0 Å². The molecule has 0 bridgehead atoms. The molecule has 1 aliphatic rings. The summed E-state index contributed by atoms with van der Waals surface area (Å²) in [5.41, 5.74) is -0.402. The fraction of sp³-hybridized carbons (Fsp3) is 0.526. The normalized spacial score (nSPS) is 22.5. The average Bonchev–Trinajstić information content (AvgIpc) is 2.51.